The number of ether oxygens (including phenoxy) is 1. The van der Waals surface area contributed by atoms with Gasteiger partial charge < -0.3 is 20.9 Å². The minimum atomic E-state index is -0.283. The lowest BCUT2D eigenvalue weighted by Gasteiger charge is -2.22. The minimum Gasteiger partial charge on any atom is -0.504 e. The number of nitrogens with one attached hydrogen (secondary N) is 1. The number of hydrogen-bond donors (Lipinski definition) is 3. The number of ketones is 2. The van der Waals surface area contributed by atoms with E-state index < -0.39 is 0 Å². The van der Waals surface area contributed by atoms with Gasteiger partial charge in [-0.05, 0) is 108 Å². The zero-order chi connectivity index (χ0) is 37.1. The number of dihydropyridines is 1. The molecular weight excluding hydrogens is 645 g/mol. The maximum atomic E-state index is 12.8. The second kappa shape index (κ2) is 21.8. The van der Waals surface area contributed by atoms with Crippen LogP contribution in [0.4, 0.5) is 0 Å². The summed E-state index contributed by atoms with van der Waals surface area (Å²) < 4.78 is 5.40. The quantitative estimate of drug-likeness (QED) is 0.0516. The molecule has 0 spiro atoms. The van der Waals surface area contributed by atoms with E-state index in [2.05, 4.69) is 79.8 Å². The Morgan fingerprint density at radius 2 is 1.48 bits per heavy atom. The lowest BCUT2D eigenvalue weighted by atomic mass is 9.89. The van der Waals surface area contributed by atoms with Crippen LogP contribution in [-0.4, -0.2) is 29.9 Å². The van der Waals surface area contributed by atoms with Gasteiger partial charge in [0.25, 0.3) is 0 Å². The smallest absolute Gasteiger partial charge is 0.163 e. The molecule has 1 atom stereocenters. The molecule has 0 radical (unpaired) electrons. The van der Waals surface area contributed by atoms with Gasteiger partial charge in [-0.25, -0.2) is 0 Å². The fraction of sp³-hybridized carbons (Fsp3) is 0.435. The van der Waals surface area contributed by atoms with Crippen LogP contribution in [0.5, 0.6) is 11.5 Å². The molecule has 0 fully saturated rings. The van der Waals surface area contributed by atoms with E-state index in [-0.39, 0.29) is 29.9 Å². The number of aryl methyl sites for hydroxylation is 3. The van der Waals surface area contributed by atoms with Gasteiger partial charge in [-0.2, -0.15) is 0 Å². The lowest BCUT2D eigenvalue weighted by molar-refractivity contribution is -0.124. The van der Waals surface area contributed by atoms with Gasteiger partial charge in [0.05, 0.1) is 19.7 Å². The number of nitrogens with two attached hydrogens (primary N) is 1. The zero-order valence-electron chi connectivity index (χ0n) is 31.7. The maximum Gasteiger partial charge on any atom is 0.163 e. The predicted octanol–water partition coefficient (Wildman–Crippen LogP) is 9.77. The van der Waals surface area contributed by atoms with Crippen molar-refractivity contribution in [3.05, 3.63) is 124 Å². The van der Waals surface area contributed by atoms with Gasteiger partial charge in [0.15, 0.2) is 17.3 Å². The number of rotatable bonds is 23. The van der Waals surface area contributed by atoms with E-state index in [1.54, 1.807) is 18.2 Å². The molecule has 1 unspecified atom stereocenters. The fourth-order valence-electron chi connectivity index (χ4n) is 6.81. The molecule has 0 bridgehead atoms. The first kappa shape index (κ1) is 40.4. The van der Waals surface area contributed by atoms with Crippen molar-refractivity contribution in [2.45, 2.75) is 116 Å². The molecule has 4 N–H and O–H groups in total. The molecule has 6 nitrogen and oxygen atoms in total. The third-order valence-electron chi connectivity index (χ3n) is 9.84. The van der Waals surface area contributed by atoms with Crippen LogP contribution in [0.25, 0.3) is 6.08 Å². The van der Waals surface area contributed by atoms with Crippen LogP contribution in [0.3, 0.4) is 0 Å². The normalized spacial score (nSPS) is 14.3. The van der Waals surface area contributed by atoms with Gasteiger partial charge in [0, 0.05) is 12.6 Å². The number of carbonyl (C=O) groups excluding carboxylic acids is 2. The number of methoxy groups -OCH3 is 1. The van der Waals surface area contributed by atoms with Gasteiger partial charge in [-0.15, -0.1) is 0 Å². The summed E-state index contributed by atoms with van der Waals surface area (Å²) in [6, 6.07) is 22.8. The zero-order valence-corrected chi connectivity index (χ0v) is 31.7. The van der Waals surface area contributed by atoms with E-state index in [0.717, 1.165) is 73.1 Å². The SMILES string of the molecule is COc1cc(C=CC(=O)CC(=O)CCCCCCCCCC(C)C)c(CC2=CNC(N)C=C2CCc2cccc(CCc3ccccc3)c2)cc1O. The van der Waals surface area contributed by atoms with Crippen molar-refractivity contribution in [1.82, 2.24) is 5.32 Å². The number of hydrogen-bond acceptors (Lipinski definition) is 6. The van der Waals surface area contributed by atoms with Crippen LogP contribution in [0.1, 0.15) is 112 Å². The molecule has 52 heavy (non-hydrogen) atoms. The molecule has 3 aromatic carbocycles. The highest BCUT2D eigenvalue weighted by Gasteiger charge is 2.17. The summed E-state index contributed by atoms with van der Waals surface area (Å²) in [7, 11) is 1.51. The number of carbonyl (C=O) groups is 2. The Hall–Kier alpha value is -4.42. The average molecular weight is 705 g/mol. The van der Waals surface area contributed by atoms with E-state index in [1.165, 1.54) is 62.0 Å². The number of benzene rings is 3. The highest BCUT2D eigenvalue weighted by Crippen LogP contribution is 2.33. The molecule has 4 rings (SSSR count). The summed E-state index contributed by atoms with van der Waals surface area (Å²) in [5, 5.41) is 13.9. The third kappa shape index (κ3) is 14.3. The van der Waals surface area contributed by atoms with E-state index in [4.69, 9.17) is 10.5 Å². The number of allylic oxidation sites excluding steroid dienone is 3. The molecule has 0 amide bonds. The highest BCUT2D eigenvalue weighted by molar-refractivity contribution is 6.06. The van der Waals surface area contributed by atoms with Crippen LogP contribution < -0.4 is 15.8 Å². The van der Waals surface area contributed by atoms with Gasteiger partial charge >= 0.3 is 0 Å². The third-order valence-corrected chi connectivity index (χ3v) is 9.84. The topological polar surface area (TPSA) is 102 Å². The van der Waals surface area contributed by atoms with Crippen molar-refractivity contribution in [3.8, 4) is 11.5 Å². The molecule has 3 aromatic rings. The molecule has 6 heteroatoms. The van der Waals surface area contributed by atoms with Gasteiger partial charge in [-0.3, -0.25) is 9.59 Å². The molecule has 278 valence electrons. The molecular formula is C46H60N2O4. The van der Waals surface area contributed by atoms with E-state index >= 15 is 0 Å². The molecule has 0 saturated carbocycles. The predicted molar refractivity (Wildman–Crippen MR) is 214 cm³/mol. The van der Waals surface area contributed by atoms with E-state index in [1.807, 2.05) is 6.20 Å². The van der Waals surface area contributed by atoms with Crippen LogP contribution >= 0.6 is 0 Å². The van der Waals surface area contributed by atoms with Crippen molar-refractivity contribution in [3.63, 3.8) is 0 Å². The van der Waals surface area contributed by atoms with Crippen molar-refractivity contribution in [2.75, 3.05) is 7.11 Å². The standard InChI is InChI=1S/C46H60N2O4/c1-34(2)15-10-7-5-4-6-8-13-20-42(49)32-43(50)26-25-38-30-45(52-3)44(51)29-40(38)28-41-33-48-46(47)31-39(41)24-23-37-19-14-18-36(27-37)22-21-35-16-11-9-12-17-35/h9,11-12,14,16-19,25-27,29-31,33-34,46,48,51H,4-8,10,13,15,20-24,28,32,47H2,1-3H3. The first-order valence-electron chi connectivity index (χ1n) is 19.4. The average Bonchev–Trinajstić information content (AvgIpc) is 3.13. The molecule has 1 aliphatic heterocycles. The van der Waals surface area contributed by atoms with Crippen molar-refractivity contribution in [1.29, 1.82) is 0 Å². The minimum absolute atomic E-state index is 0.0126. The Bertz CT molecular complexity index is 1670. The second-order valence-corrected chi connectivity index (χ2v) is 14.7. The Morgan fingerprint density at radius 3 is 2.19 bits per heavy atom. The molecule has 1 aliphatic rings. The van der Waals surface area contributed by atoms with Crippen molar-refractivity contribution in [2.24, 2.45) is 11.7 Å². The first-order valence-corrected chi connectivity index (χ1v) is 19.4. The Labute approximate surface area is 312 Å². The van der Waals surface area contributed by atoms with Crippen molar-refractivity contribution >= 4 is 17.6 Å². The number of phenolic OH excluding ortho intramolecular Hbond substituents is 1. The van der Waals surface area contributed by atoms with E-state index in [0.29, 0.717) is 18.6 Å². The molecule has 1 heterocycles. The van der Waals surface area contributed by atoms with Crippen molar-refractivity contribution < 1.29 is 19.4 Å². The summed E-state index contributed by atoms with van der Waals surface area (Å²) in [5.74, 6) is 0.904. The number of unbranched alkanes of at least 4 members (excludes halogenated alkanes) is 6. The van der Waals surface area contributed by atoms with Gasteiger partial charge in [-0.1, -0.05) is 119 Å². The van der Waals surface area contributed by atoms with Crippen LogP contribution in [0, 0.1) is 5.92 Å². The molecule has 0 aliphatic carbocycles. The highest BCUT2D eigenvalue weighted by atomic mass is 16.5. The second-order valence-electron chi connectivity index (χ2n) is 14.7. The first-order chi connectivity index (χ1) is 25.2. The number of phenols is 1. The Kier molecular flexibility index (Phi) is 16.9. The summed E-state index contributed by atoms with van der Waals surface area (Å²) >= 11 is 0. The summed E-state index contributed by atoms with van der Waals surface area (Å²) in [6.45, 7) is 4.54. The van der Waals surface area contributed by atoms with Gasteiger partial charge in [0.1, 0.15) is 5.78 Å². The molecule has 0 saturated heterocycles. The lowest BCUT2D eigenvalue weighted by Crippen LogP contribution is -2.35. The number of aromatic hydroxyl groups is 1. The van der Waals surface area contributed by atoms with Gasteiger partial charge in [0.2, 0.25) is 0 Å². The summed E-state index contributed by atoms with van der Waals surface area (Å²) in [4.78, 5) is 25.4. The molecule has 0 aromatic heterocycles. The van der Waals surface area contributed by atoms with Crippen LogP contribution in [0.2, 0.25) is 0 Å². The Balaban J connectivity index is 1.32. The maximum absolute atomic E-state index is 12.8. The van der Waals surface area contributed by atoms with Crippen LogP contribution in [-0.2, 0) is 35.3 Å². The van der Waals surface area contributed by atoms with Crippen LogP contribution in [0.15, 0.2) is 96.2 Å². The summed E-state index contributed by atoms with van der Waals surface area (Å²) in [5.41, 5.74) is 14.1. The fourth-order valence-corrected chi connectivity index (χ4v) is 6.81. The number of Topliss-reactive ketones (excluding diaryl/α,β-unsaturated/α-hetero) is 1. The Morgan fingerprint density at radius 1 is 0.827 bits per heavy atom. The monoisotopic (exact) mass is 704 g/mol. The largest absolute Gasteiger partial charge is 0.504 e. The van der Waals surface area contributed by atoms with E-state index in [9.17, 15) is 14.7 Å². The summed E-state index contributed by atoms with van der Waals surface area (Å²) in [6.07, 6.45) is 20.9.